The second-order valence-electron chi connectivity index (χ2n) is 5.14. The molecule has 0 aliphatic rings. The maximum atomic E-state index is 11.7. The molecule has 106 valence electrons. The summed E-state index contributed by atoms with van der Waals surface area (Å²) in [5, 5.41) is 2.42. The average Bonchev–Trinajstić information content (AvgIpc) is 2.12. The first-order valence-electron chi connectivity index (χ1n) is 5.84. The van der Waals surface area contributed by atoms with Gasteiger partial charge in [-0.1, -0.05) is 0 Å². The highest BCUT2D eigenvalue weighted by atomic mass is 16.6. The SMILES string of the molecule is COCC(NC(=O)OC(C)(C)C)C(=O)OC(C)C. The molecular formula is C12H23NO5. The van der Waals surface area contributed by atoms with Crippen molar-refractivity contribution in [1.82, 2.24) is 5.32 Å². The molecule has 0 saturated heterocycles. The molecule has 0 rings (SSSR count). The first-order valence-corrected chi connectivity index (χ1v) is 5.84. The maximum Gasteiger partial charge on any atom is 0.408 e. The van der Waals surface area contributed by atoms with E-state index in [2.05, 4.69) is 5.32 Å². The van der Waals surface area contributed by atoms with Gasteiger partial charge in [0.1, 0.15) is 5.60 Å². The van der Waals surface area contributed by atoms with Crippen molar-refractivity contribution in [3.05, 3.63) is 0 Å². The first-order chi connectivity index (χ1) is 8.15. The van der Waals surface area contributed by atoms with Crippen LogP contribution in [0.3, 0.4) is 0 Å². The van der Waals surface area contributed by atoms with Crippen LogP contribution in [0.2, 0.25) is 0 Å². The molecule has 6 nitrogen and oxygen atoms in total. The van der Waals surface area contributed by atoms with E-state index in [1.54, 1.807) is 34.6 Å². The molecule has 0 aromatic carbocycles. The lowest BCUT2D eigenvalue weighted by atomic mass is 10.2. The highest BCUT2D eigenvalue weighted by molar-refractivity contribution is 5.81. The lowest BCUT2D eigenvalue weighted by Crippen LogP contribution is -2.47. The van der Waals surface area contributed by atoms with E-state index >= 15 is 0 Å². The van der Waals surface area contributed by atoms with Gasteiger partial charge in [0.2, 0.25) is 0 Å². The van der Waals surface area contributed by atoms with Gasteiger partial charge >= 0.3 is 12.1 Å². The summed E-state index contributed by atoms with van der Waals surface area (Å²) in [7, 11) is 1.44. The third-order valence-corrected chi connectivity index (χ3v) is 1.66. The van der Waals surface area contributed by atoms with Crippen LogP contribution in [0.1, 0.15) is 34.6 Å². The number of hydrogen-bond donors (Lipinski definition) is 1. The zero-order valence-corrected chi connectivity index (χ0v) is 11.9. The molecule has 0 heterocycles. The number of rotatable bonds is 5. The van der Waals surface area contributed by atoms with Gasteiger partial charge in [-0.05, 0) is 34.6 Å². The number of ether oxygens (including phenoxy) is 3. The second kappa shape index (κ2) is 7.20. The van der Waals surface area contributed by atoms with Crippen molar-refractivity contribution in [2.75, 3.05) is 13.7 Å². The molecule has 18 heavy (non-hydrogen) atoms. The molecule has 0 fully saturated rings. The first kappa shape index (κ1) is 16.7. The fraction of sp³-hybridized carbons (Fsp3) is 0.833. The summed E-state index contributed by atoms with van der Waals surface area (Å²) in [6, 6.07) is -0.868. The van der Waals surface area contributed by atoms with Crippen molar-refractivity contribution in [3.8, 4) is 0 Å². The number of hydrogen-bond acceptors (Lipinski definition) is 5. The molecule has 0 aliphatic heterocycles. The Bertz CT molecular complexity index is 283. The third kappa shape index (κ3) is 7.89. The minimum Gasteiger partial charge on any atom is -0.461 e. The number of carbonyl (C=O) groups is 2. The van der Waals surface area contributed by atoms with E-state index in [9.17, 15) is 9.59 Å². The summed E-state index contributed by atoms with van der Waals surface area (Å²) in [5.41, 5.74) is -0.621. The van der Waals surface area contributed by atoms with Crippen molar-refractivity contribution in [3.63, 3.8) is 0 Å². The lowest BCUT2D eigenvalue weighted by molar-refractivity contribution is -0.151. The van der Waals surface area contributed by atoms with Gasteiger partial charge in [0.15, 0.2) is 6.04 Å². The summed E-state index contributed by atoms with van der Waals surface area (Å²) >= 11 is 0. The summed E-state index contributed by atoms with van der Waals surface area (Å²) in [6.45, 7) is 8.72. The minimum absolute atomic E-state index is 0.0325. The Kier molecular flexibility index (Phi) is 6.68. The van der Waals surface area contributed by atoms with Gasteiger partial charge in [-0.3, -0.25) is 0 Å². The van der Waals surface area contributed by atoms with Crippen molar-refractivity contribution in [1.29, 1.82) is 0 Å². The molecule has 1 atom stereocenters. The zero-order chi connectivity index (χ0) is 14.3. The topological polar surface area (TPSA) is 73.9 Å². The third-order valence-electron chi connectivity index (χ3n) is 1.66. The van der Waals surface area contributed by atoms with Gasteiger partial charge in [0, 0.05) is 7.11 Å². The van der Waals surface area contributed by atoms with E-state index in [0.29, 0.717) is 0 Å². The largest absolute Gasteiger partial charge is 0.461 e. The molecule has 6 heteroatoms. The van der Waals surface area contributed by atoms with E-state index in [4.69, 9.17) is 14.2 Å². The molecular weight excluding hydrogens is 238 g/mol. The monoisotopic (exact) mass is 261 g/mol. The summed E-state index contributed by atoms with van der Waals surface area (Å²) in [4.78, 5) is 23.2. The van der Waals surface area contributed by atoms with Crippen LogP contribution in [0.4, 0.5) is 4.79 Å². The van der Waals surface area contributed by atoms with E-state index in [1.165, 1.54) is 7.11 Å². The minimum atomic E-state index is -0.868. The van der Waals surface area contributed by atoms with Crippen molar-refractivity contribution >= 4 is 12.1 Å². The normalized spacial score (nSPS) is 13.1. The molecule has 0 spiro atoms. The quantitative estimate of drug-likeness (QED) is 0.759. The highest BCUT2D eigenvalue weighted by Crippen LogP contribution is 2.07. The number of esters is 1. The van der Waals surface area contributed by atoms with Crippen LogP contribution in [-0.2, 0) is 19.0 Å². The molecule has 0 aromatic rings. The van der Waals surface area contributed by atoms with Gasteiger partial charge in [-0.2, -0.15) is 0 Å². The smallest absolute Gasteiger partial charge is 0.408 e. The van der Waals surface area contributed by atoms with Crippen molar-refractivity contribution in [2.45, 2.75) is 52.4 Å². The molecule has 0 radical (unpaired) electrons. The Labute approximate surface area is 108 Å². The van der Waals surface area contributed by atoms with Gasteiger partial charge in [0.25, 0.3) is 0 Å². The highest BCUT2D eigenvalue weighted by Gasteiger charge is 2.25. The fourth-order valence-electron chi connectivity index (χ4n) is 1.10. The van der Waals surface area contributed by atoms with Crippen LogP contribution >= 0.6 is 0 Å². The van der Waals surface area contributed by atoms with Crippen LogP contribution in [0.25, 0.3) is 0 Å². The second-order valence-corrected chi connectivity index (χ2v) is 5.14. The molecule has 1 unspecified atom stereocenters. The van der Waals surface area contributed by atoms with Crippen LogP contribution in [0.15, 0.2) is 0 Å². The molecule has 0 aliphatic carbocycles. The van der Waals surface area contributed by atoms with E-state index < -0.39 is 23.7 Å². The van der Waals surface area contributed by atoms with Gasteiger partial charge in [-0.25, -0.2) is 9.59 Å². The Morgan fingerprint density at radius 1 is 1.22 bits per heavy atom. The zero-order valence-electron chi connectivity index (χ0n) is 11.9. The molecule has 0 saturated carbocycles. The van der Waals surface area contributed by atoms with Crippen LogP contribution < -0.4 is 5.32 Å². The average molecular weight is 261 g/mol. The van der Waals surface area contributed by atoms with Crippen molar-refractivity contribution < 1.29 is 23.8 Å². The van der Waals surface area contributed by atoms with E-state index in [1.807, 2.05) is 0 Å². The number of methoxy groups -OCH3 is 1. The fourth-order valence-corrected chi connectivity index (χ4v) is 1.10. The predicted octanol–water partition coefficient (Wildman–Crippen LogP) is 1.48. The number of nitrogens with one attached hydrogen (secondary N) is 1. The molecule has 1 amide bonds. The summed E-state index contributed by atoms with van der Waals surface area (Å²) in [6.07, 6.45) is -0.928. The Hall–Kier alpha value is -1.30. The number of carbonyl (C=O) groups excluding carboxylic acids is 2. The predicted molar refractivity (Wildman–Crippen MR) is 66.3 cm³/mol. The molecule has 0 bridgehead atoms. The van der Waals surface area contributed by atoms with Gasteiger partial charge in [-0.15, -0.1) is 0 Å². The summed E-state index contributed by atoms with van der Waals surface area (Å²) in [5.74, 6) is -0.544. The Balaban J connectivity index is 4.43. The Morgan fingerprint density at radius 3 is 2.17 bits per heavy atom. The van der Waals surface area contributed by atoms with E-state index in [-0.39, 0.29) is 12.7 Å². The number of amides is 1. The lowest BCUT2D eigenvalue weighted by Gasteiger charge is -2.23. The van der Waals surface area contributed by atoms with Crippen LogP contribution in [-0.4, -0.2) is 43.5 Å². The molecule has 1 N–H and O–H groups in total. The Morgan fingerprint density at radius 2 is 1.78 bits per heavy atom. The number of alkyl carbamates (subject to hydrolysis) is 1. The summed E-state index contributed by atoms with van der Waals surface area (Å²) < 4.78 is 14.9. The van der Waals surface area contributed by atoms with Gasteiger partial charge < -0.3 is 19.5 Å². The van der Waals surface area contributed by atoms with Gasteiger partial charge in [0.05, 0.1) is 12.7 Å². The maximum absolute atomic E-state index is 11.7. The van der Waals surface area contributed by atoms with Crippen molar-refractivity contribution in [2.24, 2.45) is 0 Å². The van der Waals surface area contributed by atoms with Crippen LogP contribution in [0, 0.1) is 0 Å². The molecule has 0 aromatic heterocycles. The standard InChI is InChI=1S/C12H23NO5/c1-8(2)17-10(14)9(7-16-6)13-11(15)18-12(3,4)5/h8-9H,7H2,1-6H3,(H,13,15). The van der Waals surface area contributed by atoms with Crippen LogP contribution in [0.5, 0.6) is 0 Å². The van der Waals surface area contributed by atoms with E-state index in [0.717, 1.165) is 0 Å².